The highest BCUT2D eigenvalue weighted by atomic mass is 15.3. The molecule has 4 heterocycles. The Morgan fingerprint density at radius 1 is 0.897 bits per heavy atom. The van der Waals surface area contributed by atoms with E-state index in [1.54, 1.807) is 12.7 Å². The molecule has 8 nitrogen and oxygen atoms in total. The van der Waals surface area contributed by atoms with Gasteiger partial charge in [0, 0.05) is 51.0 Å². The summed E-state index contributed by atoms with van der Waals surface area (Å²) in [6.45, 7) is 4.04. The second-order valence-corrected chi connectivity index (χ2v) is 8.40. The van der Waals surface area contributed by atoms with Crippen molar-refractivity contribution in [1.82, 2.24) is 24.9 Å². The van der Waals surface area contributed by atoms with Gasteiger partial charge in [0.2, 0.25) is 0 Å². The van der Waals surface area contributed by atoms with E-state index in [0.717, 1.165) is 60.1 Å². The Balaban J connectivity index is 1.35. The van der Waals surface area contributed by atoms with Gasteiger partial charge in [-0.15, -0.1) is 0 Å². The summed E-state index contributed by atoms with van der Waals surface area (Å²) >= 11 is 0. The number of anilines is 3. The van der Waals surface area contributed by atoms with Crippen molar-refractivity contribution in [2.75, 3.05) is 41.9 Å². The first-order chi connectivity index (χ1) is 14.1. The highest BCUT2D eigenvalue weighted by Crippen LogP contribution is 2.36. The van der Waals surface area contributed by atoms with Crippen molar-refractivity contribution in [2.45, 2.75) is 44.7 Å². The van der Waals surface area contributed by atoms with E-state index in [1.807, 2.05) is 19.0 Å². The first-order valence-electron chi connectivity index (χ1n) is 10.4. The van der Waals surface area contributed by atoms with Crippen molar-refractivity contribution in [2.24, 2.45) is 0 Å². The second-order valence-electron chi connectivity index (χ2n) is 8.40. The summed E-state index contributed by atoms with van der Waals surface area (Å²) in [6.07, 6.45) is 8.09. The quantitative estimate of drug-likeness (QED) is 0.715. The Bertz CT molecular complexity index is 1000. The van der Waals surface area contributed by atoms with Gasteiger partial charge in [-0.05, 0) is 38.7 Å². The second kappa shape index (κ2) is 7.17. The third-order valence-corrected chi connectivity index (χ3v) is 5.99. The van der Waals surface area contributed by atoms with Crippen molar-refractivity contribution in [3.05, 3.63) is 30.5 Å². The molecule has 0 unspecified atom stereocenters. The van der Waals surface area contributed by atoms with Crippen LogP contribution in [0, 0.1) is 6.92 Å². The minimum absolute atomic E-state index is 0.506. The molecule has 1 aliphatic carbocycles. The summed E-state index contributed by atoms with van der Waals surface area (Å²) in [5.41, 5.74) is 3.16. The minimum Gasteiger partial charge on any atom is -0.363 e. The number of aromatic nitrogens is 5. The maximum atomic E-state index is 4.63. The molecule has 3 aromatic heterocycles. The monoisotopic (exact) mass is 392 g/mol. The molecular formula is C21H28N8. The normalized spacial score (nSPS) is 17.7. The predicted molar refractivity (Wildman–Crippen MR) is 116 cm³/mol. The molecule has 0 bridgehead atoms. The van der Waals surface area contributed by atoms with E-state index in [9.17, 15) is 0 Å². The highest BCUT2D eigenvalue weighted by molar-refractivity contribution is 5.86. The molecule has 3 aromatic rings. The molecule has 2 fully saturated rings. The molecule has 0 radical (unpaired) electrons. The number of aryl methyl sites for hydroxylation is 1. The zero-order chi connectivity index (χ0) is 20.0. The Hall–Kier alpha value is -2.90. The van der Waals surface area contributed by atoms with E-state index >= 15 is 0 Å². The number of H-pyrrole nitrogens is 1. The van der Waals surface area contributed by atoms with Crippen LogP contribution in [0.1, 0.15) is 31.4 Å². The maximum absolute atomic E-state index is 4.63. The van der Waals surface area contributed by atoms with Crippen molar-refractivity contribution in [3.8, 4) is 0 Å². The van der Waals surface area contributed by atoms with Crippen LogP contribution in [-0.4, -0.2) is 64.2 Å². The van der Waals surface area contributed by atoms with Crippen molar-refractivity contribution in [1.29, 1.82) is 0 Å². The lowest BCUT2D eigenvalue weighted by atomic mass is 10.0. The molecule has 5 rings (SSSR count). The molecule has 29 heavy (non-hydrogen) atoms. The van der Waals surface area contributed by atoms with Gasteiger partial charge in [-0.3, -0.25) is 0 Å². The lowest BCUT2D eigenvalue weighted by molar-refractivity contribution is 0.458. The lowest BCUT2D eigenvalue weighted by Crippen LogP contribution is -2.46. The van der Waals surface area contributed by atoms with Crippen molar-refractivity contribution in [3.63, 3.8) is 0 Å². The van der Waals surface area contributed by atoms with Gasteiger partial charge in [-0.1, -0.05) is 0 Å². The molecule has 1 saturated heterocycles. The van der Waals surface area contributed by atoms with Crippen molar-refractivity contribution < 1.29 is 0 Å². The van der Waals surface area contributed by atoms with E-state index in [1.165, 1.54) is 12.8 Å². The third-order valence-electron chi connectivity index (χ3n) is 5.99. The van der Waals surface area contributed by atoms with Crippen LogP contribution >= 0.6 is 0 Å². The van der Waals surface area contributed by atoms with Gasteiger partial charge in [0.15, 0.2) is 5.82 Å². The number of hydrogen-bond acceptors (Lipinski definition) is 7. The molecule has 1 N–H and O–H groups in total. The summed E-state index contributed by atoms with van der Waals surface area (Å²) in [5, 5.41) is 0. The van der Waals surface area contributed by atoms with Gasteiger partial charge >= 0.3 is 0 Å². The number of piperidine rings is 1. The molecule has 1 aliphatic heterocycles. The fourth-order valence-electron chi connectivity index (χ4n) is 4.40. The SMILES string of the molecule is Cc1cc2ncnc(N3CCC(N(c4cc(N(C)C)ncn4)C4CC4)CC3)c2[nH]1. The van der Waals surface area contributed by atoms with E-state index in [0.29, 0.717) is 12.1 Å². The summed E-state index contributed by atoms with van der Waals surface area (Å²) < 4.78 is 0. The van der Waals surface area contributed by atoms with E-state index < -0.39 is 0 Å². The van der Waals surface area contributed by atoms with Crippen LogP contribution < -0.4 is 14.7 Å². The fourth-order valence-corrected chi connectivity index (χ4v) is 4.40. The maximum Gasteiger partial charge on any atom is 0.156 e. The summed E-state index contributed by atoms with van der Waals surface area (Å²) in [4.78, 5) is 28.4. The van der Waals surface area contributed by atoms with Gasteiger partial charge in [0.1, 0.15) is 29.8 Å². The smallest absolute Gasteiger partial charge is 0.156 e. The summed E-state index contributed by atoms with van der Waals surface area (Å²) in [5.74, 6) is 3.05. The van der Waals surface area contributed by atoms with Gasteiger partial charge in [-0.25, -0.2) is 19.9 Å². The molecule has 2 aliphatic rings. The van der Waals surface area contributed by atoms with E-state index in [-0.39, 0.29) is 0 Å². The number of nitrogens with one attached hydrogen (secondary N) is 1. The first kappa shape index (κ1) is 18.1. The summed E-state index contributed by atoms with van der Waals surface area (Å²) in [6, 6.07) is 5.33. The first-order valence-corrected chi connectivity index (χ1v) is 10.4. The zero-order valence-corrected chi connectivity index (χ0v) is 17.3. The zero-order valence-electron chi connectivity index (χ0n) is 17.3. The highest BCUT2D eigenvalue weighted by Gasteiger charge is 2.37. The van der Waals surface area contributed by atoms with E-state index in [4.69, 9.17) is 0 Å². The van der Waals surface area contributed by atoms with Crippen LogP contribution in [0.2, 0.25) is 0 Å². The Kier molecular flexibility index (Phi) is 4.49. The van der Waals surface area contributed by atoms with Crippen LogP contribution in [0.5, 0.6) is 0 Å². The molecule has 0 amide bonds. The number of rotatable bonds is 5. The van der Waals surface area contributed by atoms with Gasteiger partial charge < -0.3 is 19.7 Å². The Morgan fingerprint density at radius 3 is 2.31 bits per heavy atom. The number of hydrogen-bond donors (Lipinski definition) is 1. The van der Waals surface area contributed by atoms with Crippen LogP contribution in [0.25, 0.3) is 11.0 Å². The average Bonchev–Trinajstić information content (AvgIpc) is 3.48. The lowest BCUT2D eigenvalue weighted by Gasteiger charge is -2.40. The number of aromatic amines is 1. The number of nitrogens with zero attached hydrogens (tertiary/aromatic N) is 7. The standard InChI is InChI=1S/C21H28N8/c1-14-10-17-20(26-14)21(25-12-22-17)28-8-6-16(7-9-28)29(15-4-5-15)19-11-18(27(2)3)23-13-24-19/h10-13,15-16,26H,4-9H2,1-3H3. The summed E-state index contributed by atoms with van der Waals surface area (Å²) in [7, 11) is 4.05. The van der Waals surface area contributed by atoms with Crippen LogP contribution in [0.3, 0.4) is 0 Å². The fraction of sp³-hybridized carbons (Fsp3) is 0.524. The molecule has 1 saturated carbocycles. The van der Waals surface area contributed by atoms with Crippen LogP contribution in [0.15, 0.2) is 24.8 Å². The Labute approximate surface area is 171 Å². The van der Waals surface area contributed by atoms with Crippen LogP contribution in [-0.2, 0) is 0 Å². The third kappa shape index (κ3) is 3.47. The molecular weight excluding hydrogens is 364 g/mol. The molecule has 152 valence electrons. The number of fused-ring (bicyclic) bond motifs is 1. The minimum atomic E-state index is 0.506. The molecule has 8 heteroatoms. The average molecular weight is 393 g/mol. The molecule has 0 atom stereocenters. The predicted octanol–water partition coefficient (Wildman–Crippen LogP) is 2.76. The van der Waals surface area contributed by atoms with Crippen LogP contribution in [0.4, 0.5) is 17.5 Å². The van der Waals surface area contributed by atoms with Gasteiger partial charge in [0.05, 0.1) is 5.52 Å². The molecule has 0 spiro atoms. The Morgan fingerprint density at radius 2 is 1.59 bits per heavy atom. The van der Waals surface area contributed by atoms with Crippen molar-refractivity contribution >= 4 is 28.5 Å². The molecule has 0 aromatic carbocycles. The van der Waals surface area contributed by atoms with Gasteiger partial charge in [0.25, 0.3) is 0 Å². The topological polar surface area (TPSA) is 77.1 Å². The van der Waals surface area contributed by atoms with E-state index in [2.05, 4.69) is 53.8 Å². The van der Waals surface area contributed by atoms with Gasteiger partial charge in [-0.2, -0.15) is 0 Å². The largest absolute Gasteiger partial charge is 0.363 e.